The highest BCUT2D eigenvalue weighted by Gasteiger charge is 2.31. The van der Waals surface area contributed by atoms with E-state index in [1.54, 1.807) is 0 Å². The number of carbonyl (C=O) groups is 2. The zero-order valence-corrected chi connectivity index (χ0v) is 15.3. The van der Waals surface area contributed by atoms with Crippen LogP contribution in [0.4, 0.5) is 0 Å². The molecule has 0 spiro atoms. The predicted octanol–water partition coefficient (Wildman–Crippen LogP) is 0.732. The largest absolute Gasteiger partial charge is 0.392 e. The molecular weight excluding hydrogens is 345 g/mol. The number of nitrogens with two attached hydrogens (primary N) is 2. The highest BCUT2D eigenvalue weighted by molar-refractivity contribution is 7.53. The summed E-state index contributed by atoms with van der Waals surface area (Å²) in [4.78, 5) is 33.7. The normalized spacial score (nSPS) is 15.9. The van der Waals surface area contributed by atoms with Crippen molar-refractivity contribution in [3.05, 3.63) is 35.9 Å². The minimum absolute atomic E-state index is 0.0409. The van der Waals surface area contributed by atoms with Gasteiger partial charge < -0.3 is 26.2 Å². The monoisotopic (exact) mass is 371 g/mol. The number of carbonyl (C=O) groups excluding carboxylic acids is 2. The lowest BCUT2D eigenvalue weighted by Gasteiger charge is -2.22. The average molecular weight is 371 g/mol. The number of nitrogens with one attached hydrogen (secondary N) is 1. The van der Waals surface area contributed by atoms with Gasteiger partial charge in [0.25, 0.3) is 0 Å². The molecule has 0 radical (unpaired) electrons. The third kappa shape index (κ3) is 7.79. The van der Waals surface area contributed by atoms with Crippen LogP contribution in [0, 0.1) is 5.92 Å². The Kier molecular flexibility index (Phi) is 8.25. The molecule has 0 aliphatic rings. The Hall–Kier alpha value is -1.73. The van der Waals surface area contributed by atoms with Gasteiger partial charge >= 0.3 is 13.6 Å². The van der Waals surface area contributed by atoms with Gasteiger partial charge in [-0.1, -0.05) is 44.2 Å². The van der Waals surface area contributed by atoms with Crippen molar-refractivity contribution in [3.8, 4) is 0 Å². The molecule has 0 aromatic heterocycles. The Bertz CT molecular complexity index is 623. The van der Waals surface area contributed by atoms with Gasteiger partial charge in [0.05, 0.1) is 6.04 Å². The molecule has 0 fully saturated rings. The van der Waals surface area contributed by atoms with E-state index in [1.165, 1.54) is 0 Å². The van der Waals surface area contributed by atoms with Gasteiger partial charge in [0.2, 0.25) is 5.91 Å². The summed E-state index contributed by atoms with van der Waals surface area (Å²) < 4.78 is 16.0. The molecule has 1 unspecified atom stereocenters. The van der Waals surface area contributed by atoms with Gasteiger partial charge in [-0.2, -0.15) is 0 Å². The van der Waals surface area contributed by atoms with Gasteiger partial charge in [-0.15, -0.1) is 0 Å². The minimum atomic E-state index is -4.20. The second kappa shape index (κ2) is 9.68. The maximum absolute atomic E-state index is 12.3. The third-order valence-corrected chi connectivity index (χ3v) is 4.33. The molecule has 0 saturated heterocycles. The van der Waals surface area contributed by atoms with E-state index < -0.39 is 37.8 Å². The first-order valence-electron chi connectivity index (χ1n) is 8.00. The first kappa shape index (κ1) is 21.3. The number of rotatable bonds is 9. The molecule has 9 heteroatoms. The van der Waals surface area contributed by atoms with E-state index >= 15 is 0 Å². The zero-order valence-electron chi connectivity index (χ0n) is 14.4. The van der Waals surface area contributed by atoms with Crippen LogP contribution in [-0.4, -0.2) is 35.1 Å². The van der Waals surface area contributed by atoms with E-state index in [0.717, 1.165) is 5.56 Å². The Labute approximate surface area is 147 Å². The Morgan fingerprint density at radius 3 is 2.40 bits per heavy atom. The fraction of sp³-hybridized carbons (Fsp3) is 0.500. The molecule has 1 aromatic carbocycles. The van der Waals surface area contributed by atoms with Crippen LogP contribution in [0.3, 0.4) is 0 Å². The molecule has 1 rings (SSSR count). The van der Waals surface area contributed by atoms with Crippen LogP contribution < -0.4 is 16.8 Å². The third-order valence-electron chi connectivity index (χ3n) is 3.41. The maximum atomic E-state index is 12.3. The van der Waals surface area contributed by atoms with Crippen molar-refractivity contribution in [1.82, 2.24) is 5.32 Å². The SMILES string of the molecule is CC(C)C[C@H](NC(=O)[C@@H](N)Cc1ccccc1)C(=O)OP(=O)(O)CN. The van der Waals surface area contributed by atoms with Crippen molar-refractivity contribution in [2.24, 2.45) is 17.4 Å². The summed E-state index contributed by atoms with van der Waals surface area (Å²) in [5, 5.41) is 2.50. The molecule has 0 saturated carbocycles. The second-order valence-electron chi connectivity index (χ2n) is 6.22. The van der Waals surface area contributed by atoms with Crippen molar-refractivity contribution in [2.45, 2.75) is 38.8 Å². The van der Waals surface area contributed by atoms with E-state index in [4.69, 9.17) is 11.5 Å². The molecule has 3 atom stereocenters. The summed E-state index contributed by atoms with van der Waals surface area (Å²) in [6, 6.07) is 7.29. The number of hydrogen-bond acceptors (Lipinski definition) is 6. The van der Waals surface area contributed by atoms with Gasteiger partial charge in [0.1, 0.15) is 12.3 Å². The smallest absolute Gasteiger partial charge is 0.389 e. The molecule has 0 heterocycles. The molecular formula is C16H26N3O5P. The number of amides is 1. The molecule has 8 nitrogen and oxygen atoms in total. The quantitative estimate of drug-likeness (QED) is 0.468. The van der Waals surface area contributed by atoms with E-state index in [2.05, 4.69) is 9.84 Å². The van der Waals surface area contributed by atoms with Gasteiger partial charge in [-0.3, -0.25) is 4.79 Å². The first-order valence-corrected chi connectivity index (χ1v) is 9.76. The van der Waals surface area contributed by atoms with Crippen molar-refractivity contribution in [1.29, 1.82) is 0 Å². The minimum Gasteiger partial charge on any atom is -0.389 e. The lowest BCUT2D eigenvalue weighted by molar-refractivity contribution is -0.140. The van der Waals surface area contributed by atoms with E-state index in [0.29, 0.717) is 6.42 Å². The number of benzene rings is 1. The highest BCUT2D eigenvalue weighted by atomic mass is 31.2. The van der Waals surface area contributed by atoms with Gasteiger partial charge in [0.15, 0.2) is 0 Å². The summed E-state index contributed by atoms with van der Waals surface area (Å²) in [6.45, 7) is 3.69. The standard InChI is InChI=1S/C16H26N3O5P/c1-11(2)8-14(16(21)24-25(22,23)10-17)19-15(20)13(18)9-12-6-4-3-5-7-12/h3-7,11,13-14H,8-10,17-18H2,1-2H3,(H,19,20)(H,22,23)/t13-,14-/m0/s1. The van der Waals surface area contributed by atoms with E-state index in [9.17, 15) is 19.0 Å². The Balaban J connectivity index is 2.74. The topological polar surface area (TPSA) is 145 Å². The molecule has 0 bridgehead atoms. The summed E-state index contributed by atoms with van der Waals surface area (Å²) in [7, 11) is -4.20. The van der Waals surface area contributed by atoms with Gasteiger partial charge in [0, 0.05) is 0 Å². The zero-order chi connectivity index (χ0) is 19.0. The van der Waals surface area contributed by atoms with Gasteiger partial charge in [-0.05, 0) is 24.3 Å². The van der Waals surface area contributed by atoms with Crippen molar-refractivity contribution >= 4 is 19.5 Å². The Morgan fingerprint density at radius 2 is 1.88 bits per heavy atom. The van der Waals surface area contributed by atoms with E-state index in [1.807, 2.05) is 44.2 Å². The molecule has 140 valence electrons. The van der Waals surface area contributed by atoms with Crippen LogP contribution >= 0.6 is 7.60 Å². The van der Waals surface area contributed by atoms with Crippen LogP contribution in [0.25, 0.3) is 0 Å². The van der Waals surface area contributed by atoms with Crippen LogP contribution in [0.1, 0.15) is 25.8 Å². The summed E-state index contributed by atoms with van der Waals surface area (Å²) in [6.07, 6.45) is -0.140. The molecule has 25 heavy (non-hydrogen) atoms. The fourth-order valence-corrected chi connectivity index (χ4v) is 2.65. The van der Waals surface area contributed by atoms with Crippen molar-refractivity contribution in [2.75, 3.05) is 6.29 Å². The number of hydrogen-bond donors (Lipinski definition) is 4. The first-order chi connectivity index (χ1) is 11.6. The predicted molar refractivity (Wildman–Crippen MR) is 94.5 cm³/mol. The lowest BCUT2D eigenvalue weighted by Crippen LogP contribution is -2.50. The molecule has 0 aliphatic carbocycles. The fourth-order valence-electron chi connectivity index (χ4n) is 2.17. The van der Waals surface area contributed by atoms with Crippen molar-refractivity contribution in [3.63, 3.8) is 0 Å². The van der Waals surface area contributed by atoms with Crippen LogP contribution in [-0.2, 0) is 25.1 Å². The molecule has 1 aromatic rings. The van der Waals surface area contributed by atoms with Crippen LogP contribution in [0.2, 0.25) is 0 Å². The van der Waals surface area contributed by atoms with Crippen LogP contribution in [0.5, 0.6) is 0 Å². The summed E-state index contributed by atoms with van der Waals surface area (Å²) in [5.74, 6) is -1.49. The Morgan fingerprint density at radius 1 is 1.28 bits per heavy atom. The highest BCUT2D eigenvalue weighted by Crippen LogP contribution is 2.40. The summed E-state index contributed by atoms with van der Waals surface area (Å²) >= 11 is 0. The maximum Gasteiger partial charge on any atom is 0.392 e. The van der Waals surface area contributed by atoms with E-state index in [-0.39, 0.29) is 12.3 Å². The van der Waals surface area contributed by atoms with Gasteiger partial charge in [-0.25, -0.2) is 9.36 Å². The molecule has 1 amide bonds. The average Bonchev–Trinajstić information content (AvgIpc) is 2.54. The van der Waals surface area contributed by atoms with Crippen LogP contribution in [0.15, 0.2) is 30.3 Å². The molecule has 0 aliphatic heterocycles. The molecule has 6 N–H and O–H groups in total. The van der Waals surface area contributed by atoms with Crippen molar-refractivity contribution < 1.29 is 23.6 Å². The second-order valence-corrected chi connectivity index (χ2v) is 8.04. The summed E-state index contributed by atoms with van der Waals surface area (Å²) in [5.41, 5.74) is 11.9. The lowest BCUT2D eigenvalue weighted by atomic mass is 10.0.